The Balaban J connectivity index is 1.42. The van der Waals surface area contributed by atoms with Gasteiger partial charge >= 0.3 is 5.97 Å². The van der Waals surface area contributed by atoms with Gasteiger partial charge < -0.3 is 24.1 Å². The summed E-state index contributed by atoms with van der Waals surface area (Å²) in [5, 5.41) is 4.35. The molecule has 1 aromatic carbocycles. The lowest BCUT2D eigenvalue weighted by Gasteiger charge is -2.20. The van der Waals surface area contributed by atoms with Crippen molar-refractivity contribution in [2.45, 2.75) is 26.8 Å². The molecule has 1 aliphatic heterocycles. The minimum atomic E-state index is -0.877. The number of fused-ring (bicyclic) bond motifs is 1. The van der Waals surface area contributed by atoms with Gasteiger partial charge in [0.1, 0.15) is 19.3 Å². The van der Waals surface area contributed by atoms with E-state index in [1.165, 1.54) is 18.3 Å². The molecule has 172 valence electrons. The molecule has 0 saturated carbocycles. The largest absolute Gasteiger partial charge is 0.486 e. The van der Waals surface area contributed by atoms with E-state index in [9.17, 15) is 14.4 Å². The summed E-state index contributed by atoms with van der Waals surface area (Å²) in [7, 11) is 0. The van der Waals surface area contributed by atoms with Gasteiger partial charge in [0, 0.05) is 28.7 Å². The van der Waals surface area contributed by atoms with Gasteiger partial charge in [0.05, 0.1) is 4.88 Å². The van der Waals surface area contributed by atoms with E-state index in [-0.39, 0.29) is 11.7 Å². The lowest BCUT2D eigenvalue weighted by molar-refractivity contribution is -0.144. The molecule has 0 bridgehead atoms. The highest BCUT2D eigenvalue weighted by Gasteiger charge is 2.22. The maximum absolute atomic E-state index is 12.8. The van der Waals surface area contributed by atoms with Gasteiger partial charge in [-0.15, -0.1) is 11.3 Å². The first-order valence-corrected chi connectivity index (χ1v) is 11.4. The number of esters is 1. The fourth-order valence-electron chi connectivity index (χ4n) is 3.69. The van der Waals surface area contributed by atoms with Crippen LogP contribution in [0.4, 0.5) is 0 Å². The summed E-state index contributed by atoms with van der Waals surface area (Å²) in [6.07, 6.45) is 0. The van der Waals surface area contributed by atoms with Crippen molar-refractivity contribution in [2.75, 3.05) is 19.8 Å². The quantitative estimate of drug-likeness (QED) is 0.421. The molecule has 9 heteroatoms. The molecular formula is C24H24N2O6S. The molecule has 2 aromatic heterocycles. The minimum Gasteiger partial charge on any atom is -0.486 e. The fraction of sp³-hybridized carbons (Fsp3) is 0.292. The van der Waals surface area contributed by atoms with Crippen molar-refractivity contribution in [1.29, 1.82) is 0 Å². The molecule has 0 saturated heterocycles. The Kier molecular flexibility index (Phi) is 6.50. The molecule has 3 aromatic rings. The Bertz CT molecular complexity index is 1200. The molecule has 1 amide bonds. The van der Waals surface area contributed by atoms with Gasteiger partial charge in [0.2, 0.25) is 5.78 Å². The molecule has 1 aliphatic rings. The maximum Gasteiger partial charge on any atom is 0.328 e. The lowest BCUT2D eigenvalue weighted by Crippen LogP contribution is -2.39. The van der Waals surface area contributed by atoms with Crippen LogP contribution in [0.5, 0.6) is 11.5 Å². The molecule has 0 radical (unpaired) electrons. The van der Waals surface area contributed by atoms with Gasteiger partial charge in [-0.05, 0) is 50.4 Å². The third-order valence-corrected chi connectivity index (χ3v) is 6.18. The average Bonchev–Trinajstić information content (AvgIpc) is 3.45. The number of benzene rings is 1. The number of thiophene rings is 1. The zero-order valence-corrected chi connectivity index (χ0v) is 19.4. The van der Waals surface area contributed by atoms with Crippen LogP contribution >= 0.6 is 11.3 Å². The summed E-state index contributed by atoms with van der Waals surface area (Å²) >= 11 is 1.28. The summed E-state index contributed by atoms with van der Waals surface area (Å²) in [4.78, 5) is 37.7. The van der Waals surface area contributed by atoms with E-state index in [1.54, 1.807) is 23.6 Å². The normalized spacial score (nSPS) is 13.3. The van der Waals surface area contributed by atoms with Crippen molar-refractivity contribution in [1.82, 2.24) is 9.88 Å². The summed E-state index contributed by atoms with van der Waals surface area (Å²) in [6, 6.07) is 9.93. The zero-order valence-electron chi connectivity index (χ0n) is 18.5. The van der Waals surface area contributed by atoms with E-state index >= 15 is 0 Å². The van der Waals surface area contributed by atoms with Crippen LogP contribution in [0.1, 0.15) is 38.3 Å². The number of hydrogen-bond donors (Lipinski definition) is 1. The van der Waals surface area contributed by atoms with Crippen molar-refractivity contribution in [3.8, 4) is 17.2 Å². The predicted octanol–water partition coefficient (Wildman–Crippen LogP) is 3.47. The van der Waals surface area contributed by atoms with Gasteiger partial charge in [-0.25, -0.2) is 4.79 Å². The molecule has 3 heterocycles. The van der Waals surface area contributed by atoms with Crippen molar-refractivity contribution >= 4 is 29.0 Å². The third kappa shape index (κ3) is 4.78. The van der Waals surface area contributed by atoms with Gasteiger partial charge in [0.15, 0.2) is 18.1 Å². The highest BCUT2D eigenvalue weighted by atomic mass is 32.1. The second kappa shape index (κ2) is 9.50. The van der Waals surface area contributed by atoms with E-state index in [4.69, 9.17) is 14.2 Å². The number of nitrogens with one attached hydrogen (secondary N) is 1. The van der Waals surface area contributed by atoms with Crippen LogP contribution in [0.25, 0.3) is 5.69 Å². The molecule has 0 aliphatic carbocycles. The number of ketones is 1. The molecule has 4 rings (SSSR count). The van der Waals surface area contributed by atoms with E-state index in [0.717, 1.165) is 17.1 Å². The number of carbonyl (C=O) groups excluding carboxylic acids is 3. The fourth-order valence-corrected chi connectivity index (χ4v) is 4.31. The van der Waals surface area contributed by atoms with Crippen LogP contribution in [0.3, 0.4) is 0 Å². The van der Waals surface area contributed by atoms with Crippen molar-refractivity contribution in [3.05, 3.63) is 63.6 Å². The van der Waals surface area contributed by atoms with Crippen molar-refractivity contribution < 1.29 is 28.6 Å². The second-order valence-corrected chi connectivity index (χ2v) is 8.60. The number of ether oxygens (including phenoxy) is 3. The van der Waals surface area contributed by atoms with Gasteiger partial charge in [-0.1, -0.05) is 6.07 Å². The standard InChI is InChI=1S/C24H24N2O6S/c1-14-11-18(16(3)26(14)17-6-7-20-21(12-17)31-9-8-30-20)19(27)13-32-24(29)15(2)25-23(28)22-5-4-10-33-22/h4-7,10-12,15H,8-9,13H2,1-3H3,(H,25,28). The molecule has 0 spiro atoms. The molecule has 33 heavy (non-hydrogen) atoms. The Hall–Kier alpha value is -3.59. The Morgan fingerprint density at radius 1 is 1.12 bits per heavy atom. The van der Waals surface area contributed by atoms with E-state index in [1.807, 2.05) is 36.6 Å². The number of aromatic nitrogens is 1. The number of aryl methyl sites for hydroxylation is 1. The highest BCUT2D eigenvalue weighted by molar-refractivity contribution is 7.12. The number of amides is 1. The topological polar surface area (TPSA) is 95.9 Å². The van der Waals surface area contributed by atoms with Crippen LogP contribution in [-0.2, 0) is 9.53 Å². The third-order valence-electron chi connectivity index (χ3n) is 5.31. The van der Waals surface area contributed by atoms with Crippen LogP contribution in [0.15, 0.2) is 41.8 Å². The van der Waals surface area contributed by atoms with E-state index in [2.05, 4.69) is 5.32 Å². The first-order chi connectivity index (χ1) is 15.8. The molecule has 1 atom stereocenters. The Morgan fingerprint density at radius 2 is 1.88 bits per heavy atom. The Labute approximate surface area is 195 Å². The first-order valence-electron chi connectivity index (χ1n) is 10.5. The summed E-state index contributed by atoms with van der Waals surface area (Å²) in [5.41, 5.74) is 2.89. The zero-order chi connectivity index (χ0) is 23.5. The minimum absolute atomic E-state index is 0.322. The van der Waals surface area contributed by atoms with Crippen molar-refractivity contribution in [2.24, 2.45) is 0 Å². The van der Waals surface area contributed by atoms with E-state index < -0.39 is 18.6 Å². The molecule has 0 fully saturated rings. The number of nitrogens with zero attached hydrogens (tertiary/aromatic N) is 1. The highest BCUT2D eigenvalue weighted by Crippen LogP contribution is 2.33. The summed E-state index contributed by atoms with van der Waals surface area (Å²) in [5.74, 6) is -0.00252. The van der Waals surface area contributed by atoms with Crippen LogP contribution < -0.4 is 14.8 Å². The Morgan fingerprint density at radius 3 is 2.61 bits per heavy atom. The van der Waals surface area contributed by atoms with Gasteiger partial charge in [-0.2, -0.15) is 0 Å². The smallest absolute Gasteiger partial charge is 0.328 e. The number of Topliss-reactive ketones (excluding diaryl/α,β-unsaturated/α-hetero) is 1. The molecule has 8 nitrogen and oxygen atoms in total. The van der Waals surface area contributed by atoms with Crippen LogP contribution in [0, 0.1) is 13.8 Å². The van der Waals surface area contributed by atoms with Crippen LogP contribution in [0.2, 0.25) is 0 Å². The van der Waals surface area contributed by atoms with Crippen LogP contribution in [-0.4, -0.2) is 48.1 Å². The monoisotopic (exact) mass is 468 g/mol. The lowest BCUT2D eigenvalue weighted by atomic mass is 10.1. The predicted molar refractivity (Wildman–Crippen MR) is 123 cm³/mol. The maximum atomic E-state index is 12.8. The van der Waals surface area contributed by atoms with Crippen molar-refractivity contribution in [3.63, 3.8) is 0 Å². The SMILES string of the molecule is Cc1cc(C(=O)COC(=O)C(C)NC(=O)c2cccs2)c(C)n1-c1ccc2c(c1)OCCO2. The number of carbonyl (C=O) groups is 3. The number of hydrogen-bond acceptors (Lipinski definition) is 7. The molecular weight excluding hydrogens is 444 g/mol. The summed E-state index contributed by atoms with van der Waals surface area (Å²) in [6.45, 7) is 5.84. The number of rotatable bonds is 7. The molecule has 1 unspecified atom stereocenters. The average molecular weight is 469 g/mol. The molecule has 1 N–H and O–H groups in total. The second-order valence-electron chi connectivity index (χ2n) is 7.65. The van der Waals surface area contributed by atoms with Gasteiger partial charge in [0.25, 0.3) is 5.91 Å². The van der Waals surface area contributed by atoms with E-state index in [0.29, 0.717) is 35.2 Å². The van der Waals surface area contributed by atoms with Gasteiger partial charge in [-0.3, -0.25) is 9.59 Å². The first kappa shape index (κ1) is 22.6. The summed E-state index contributed by atoms with van der Waals surface area (Å²) < 4.78 is 18.4.